The lowest BCUT2D eigenvalue weighted by Gasteiger charge is -2.56. The van der Waals surface area contributed by atoms with E-state index in [0.717, 1.165) is 23.9 Å². The van der Waals surface area contributed by atoms with E-state index in [0.29, 0.717) is 0 Å². The summed E-state index contributed by atoms with van der Waals surface area (Å²) in [6, 6.07) is 1.61. The third kappa shape index (κ3) is 1.59. The van der Waals surface area contributed by atoms with Gasteiger partial charge in [0, 0.05) is 38.3 Å². The fourth-order valence-corrected chi connectivity index (χ4v) is 3.40. The van der Waals surface area contributed by atoms with Gasteiger partial charge in [-0.2, -0.15) is 0 Å². The van der Waals surface area contributed by atoms with Crippen LogP contribution in [0.2, 0.25) is 0 Å². The van der Waals surface area contributed by atoms with Crippen molar-refractivity contribution in [1.82, 2.24) is 9.80 Å². The summed E-state index contributed by atoms with van der Waals surface area (Å²) in [6.07, 6.45) is 0. The van der Waals surface area contributed by atoms with Gasteiger partial charge in [0.15, 0.2) is 0 Å². The van der Waals surface area contributed by atoms with Crippen molar-refractivity contribution in [3.63, 3.8) is 0 Å². The number of fused-ring (bicyclic) bond motifs is 3. The molecule has 0 spiro atoms. The van der Waals surface area contributed by atoms with E-state index in [1.807, 2.05) is 0 Å². The van der Waals surface area contributed by atoms with Gasteiger partial charge in [0.25, 0.3) is 0 Å². The van der Waals surface area contributed by atoms with Crippen molar-refractivity contribution >= 4 is 0 Å². The molecule has 2 nitrogen and oxygen atoms in total. The van der Waals surface area contributed by atoms with E-state index < -0.39 is 0 Å². The van der Waals surface area contributed by atoms with Crippen molar-refractivity contribution in [2.75, 3.05) is 26.2 Å². The molecule has 0 aromatic heterocycles. The van der Waals surface area contributed by atoms with Gasteiger partial charge in [0.1, 0.15) is 0 Å². The van der Waals surface area contributed by atoms with Gasteiger partial charge in [0.05, 0.1) is 0 Å². The van der Waals surface area contributed by atoms with E-state index >= 15 is 0 Å². The highest BCUT2D eigenvalue weighted by Crippen LogP contribution is 2.31. The first-order valence-electron chi connectivity index (χ1n) is 6.09. The zero-order valence-electron chi connectivity index (χ0n) is 10.0. The summed E-state index contributed by atoms with van der Waals surface area (Å²) < 4.78 is 0. The minimum Gasteiger partial charge on any atom is -0.296 e. The van der Waals surface area contributed by atoms with E-state index in [9.17, 15) is 0 Å². The molecular formula is C12H24N2. The van der Waals surface area contributed by atoms with Gasteiger partial charge in [-0.05, 0) is 11.8 Å². The molecule has 82 valence electrons. The summed E-state index contributed by atoms with van der Waals surface area (Å²) in [4.78, 5) is 5.44. The topological polar surface area (TPSA) is 6.48 Å². The van der Waals surface area contributed by atoms with E-state index in [-0.39, 0.29) is 0 Å². The lowest BCUT2D eigenvalue weighted by Crippen LogP contribution is -2.69. The van der Waals surface area contributed by atoms with E-state index in [2.05, 4.69) is 37.5 Å². The van der Waals surface area contributed by atoms with Gasteiger partial charge in [0.2, 0.25) is 0 Å². The summed E-state index contributed by atoms with van der Waals surface area (Å²) >= 11 is 0. The predicted molar refractivity (Wildman–Crippen MR) is 60.4 cm³/mol. The van der Waals surface area contributed by atoms with Gasteiger partial charge in [-0.1, -0.05) is 27.7 Å². The molecule has 3 fully saturated rings. The highest BCUT2D eigenvalue weighted by Gasteiger charge is 2.42. The first-order valence-corrected chi connectivity index (χ1v) is 6.09. The Hall–Kier alpha value is -0.0800. The molecule has 0 aromatic rings. The first-order chi connectivity index (χ1) is 6.61. The summed E-state index contributed by atoms with van der Waals surface area (Å²) in [5.74, 6) is 1.59. The van der Waals surface area contributed by atoms with Crippen molar-refractivity contribution in [3.8, 4) is 0 Å². The Morgan fingerprint density at radius 1 is 0.714 bits per heavy atom. The maximum Gasteiger partial charge on any atom is 0.0278 e. The Morgan fingerprint density at radius 2 is 1.00 bits per heavy atom. The number of rotatable bonds is 2. The monoisotopic (exact) mass is 196 g/mol. The molecule has 2 bridgehead atoms. The molecule has 3 saturated heterocycles. The third-order valence-corrected chi connectivity index (χ3v) is 3.91. The summed E-state index contributed by atoms with van der Waals surface area (Å²) in [5, 5.41) is 0. The zero-order valence-corrected chi connectivity index (χ0v) is 10.0. The van der Waals surface area contributed by atoms with Gasteiger partial charge >= 0.3 is 0 Å². The fourth-order valence-electron chi connectivity index (χ4n) is 3.40. The van der Waals surface area contributed by atoms with Crippen LogP contribution in [-0.4, -0.2) is 48.1 Å². The summed E-state index contributed by atoms with van der Waals surface area (Å²) in [6.45, 7) is 14.7. The standard InChI is InChI=1S/C12H24N2/c1-9(2)11-12(10(3)4)14-7-5-13(11)6-8-14/h9-12H,5-8H2,1-4H3/t11-,12-/m1/s1. The van der Waals surface area contributed by atoms with E-state index in [1.54, 1.807) is 0 Å². The number of hydrogen-bond acceptors (Lipinski definition) is 2. The van der Waals surface area contributed by atoms with Gasteiger partial charge in [-0.3, -0.25) is 9.80 Å². The lowest BCUT2D eigenvalue weighted by molar-refractivity contribution is -0.0712. The Kier molecular flexibility index (Phi) is 2.85. The van der Waals surface area contributed by atoms with Crippen LogP contribution >= 0.6 is 0 Å². The Balaban J connectivity index is 2.18. The molecule has 0 aromatic carbocycles. The number of hydrogen-bond donors (Lipinski definition) is 0. The minimum atomic E-state index is 0.797. The van der Waals surface area contributed by atoms with Crippen LogP contribution in [0.5, 0.6) is 0 Å². The molecule has 2 atom stereocenters. The second-order valence-corrected chi connectivity index (χ2v) is 5.54. The van der Waals surface area contributed by atoms with Crippen molar-refractivity contribution in [1.29, 1.82) is 0 Å². The highest BCUT2D eigenvalue weighted by molar-refractivity contribution is 4.98. The molecule has 14 heavy (non-hydrogen) atoms. The van der Waals surface area contributed by atoms with Gasteiger partial charge < -0.3 is 0 Å². The Labute approximate surface area is 88.3 Å². The van der Waals surface area contributed by atoms with Gasteiger partial charge in [-0.25, -0.2) is 0 Å². The molecule has 0 radical (unpaired) electrons. The van der Waals surface area contributed by atoms with Crippen LogP contribution < -0.4 is 0 Å². The molecule has 3 rings (SSSR count). The molecule has 3 aliphatic rings. The van der Waals surface area contributed by atoms with E-state index in [1.165, 1.54) is 26.2 Å². The van der Waals surface area contributed by atoms with Crippen LogP contribution in [0, 0.1) is 11.8 Å². The molecule has 3 heterocycles. The third-order valence-electron chi connectivity index (χ3n) is 3.91. The van der Waals surface area contributed by atoms with Crippen LogP contribution in [-0.2, 0) is 0 Å². The van der Waals surface area contributed by atoms with Crippen LogP contribution in [0.25, 0.3) is 0 Å². The van der Waals surface area contributed by atoms with Crippen LogP contribution in [0.3, 0.4) is 0 Å². The summed E-state index contributed by atoms with van der Waals surface area (Å²) in [7, 11) is 0. The first kappa shape index (κ1) is 10.4. The maximum atomic E-state index is 2.72. The molecule has 3 aliphatic heterocycles. The quantitative estimate of drug-likeness (QED) is 0.663. The van der Waals surface area contributed by atoms with Crippen molar-refractivity contribution in [2.24, 2.45) is 11.8 Å². The van der Waals surface area contributed by atoms with Crippen LogP contribution in [0.4, 0.5) is 0 Å². The number of piperazine rings is 3. The molecule has 2 heteroatoms. The normalized spacial score (nSPS) is 42.4. The molecule has 0 aliphatic carbocycles. The minimum absolute atomic E-state index is 0.797. The smallest absolute Gasteiger partial charge is 0.0278 e. The maximum absolute atomic E-state index is 2.72. The Bertz CT molecular complexity index is 170. The predicted octanol–water partition coefficient (Wildman–Crippen LogP) is 1.67. The molecule has 0 unspecified atom stereocenters. The van der Waals surface area contributed by atoms with Crippen LogP contribution in [0.15, 0.2) is 0 Å². The van der Waals surface area contributed by atoms with Gasteiger partial charge in [-0.15, -0.1) is 0 Å². The second-order valence-electron chi connectivity index (χ2n) is 5.54. The van der Waals surface area contributed by atoms with Crippen molar-refractivity contribution in [2.45, 2.75) is 39.8 Å². The SMILES string of the molecule is CC(C)[C@@H]1[C@@H](C(C)C)N2CCN1CC2. The number of nitrogens with zero attached hydrogens (tertiary/aromatic N) is 2. The highest BCUT2D eigenvalue weighted by atomic mass is 15.4. The fraction of sp³-hybridized carbons (Fsp3) is 1.00. The molecule has 0 amide bonds. The van der Waals surface area contributed by atoms with Crippen molar-refractivity contribution in [3.05, 3.63) is 0 Å². The zero-order chi connectivity index (χ0) is 10.3. The van der Waals surface area contributed by atoms with Crippen molar-refractivity contribution < 1.29 is 0 Å². The second kappa shape index (κ2) is 3.82. The Morgan fingerprint density at radius 3 is 1.21 bits per heavy atom. The average Bonchev–Trinajstić information content (AvgIpc) is 2.17. The largest absolute Gasteiger partial charge is 0.296 e. The van der Waals surface area contributed by atoms with Crippen LogP contribution in [0.1, 0.15) is 27.7 Å². The van der Waals surface area contributed by atoms with E-state index in [4.69, 9.17) is 0 Å². The molecule has 0 N–H and O–H groups in total. The summed E-state index contributed by atoms with van der Waals surface area (Å²) in [5.41, 5.74) is 0. The average molecular weight is 196 g/mol. The molecule has 0 saturated carbocycles. The lowest BCUT2D eigenvalue weighted by atomic mass is 9.83. The molecular weight excluding hydrogens is 172 g/mol.